The molecule has 6 nitrogen and oxygen atoms in total. The zero-order chi connectivity index (χ0) is 17.7. The minimum atomic E-state index is -0.788. The standard InChI is InChI=1S/C18H18N2O4/c1-11-8-9-13(24-3)10-16(11)20-18(23)17(22)14-6-4-5-7-15(14)19-12(2)21/h4-10H,1-3H3,(H,19,21)(H,20,23). The molecule has 0 atom stereocenters. The summed E-state index contributed by atoms with van der Waals surface area (Å²) in [4.78, 5) is 35.9. The van der Waals surface area contributed by atoms with Gasteiger partial charge in [0.05, 0.1) is 18.4 Å². The highest BCUT2D eigenvalue weighted by atomic mass is 16.5. The van der Waals surface area contributed by atoms with E-state index < -0.39 is 11.7 Å². The molecular formula is C18H18N2O4. The van der Waals surface area contributed by atoms with Gasteiger partial charge in [0.15, 0.2) is 0 Å². The number of carbonyl (C=O) groups is 3. The number of methoxy groups -OCH3 is 1. The summed E-state index contributed by atoms with van der Waals surface area (Å²) in [5.74, 6) is -1.27. The average molecular weight is 326 g/mol. The molecule has 24 heavy (non-hydrogen) atoms. The van der Waals surface area contributed by atoms with E-state index in [9.17, 15) is 14.4 Å². The van der Waals surface area contributed by atoms with Crippen LogP contribution in [0.2, 0.25) is 0 Å². The Labute approximate surface area is 139 Å². The summed E-state index contributed by atoms with van der Waals surface area (Å²) in [6, 6.07) is 11.5. The Morgan fingerprint density at radius 3 is 2.33 bits per heavy atom. The number of hydrogen-bond donors (Lipinski definition) is 2. The Balaban J connectivity index is 2.25. The van der Waals surface area contributed by atoms with Crippen LogP contribution in [0, 0.1) is 6.92 Å². The molecule has 124 valence electrons. The summed E-state index contributed by atoms with van der Waals surface area (Å²) >= 11 is 0. The zero-order valence-corrected chi connectivity index (χ0v) is 13.7. The molecule has 0 aliphatic rings. The van der Waals surface area contributed by atoms with Crippen LogP contribution in [0.15, 0.2) is 42.5 Å². The molecule has 6 heteroatoms. The quantitative estimate of drug-likeness (QED) is 0.653. The lowest BCUT2D eigenvalue weighted by molar-refractivity contribution is -0.114. The van der Waals surface area contributed by atoms with Crippen molar-refractivity contribution in [3.8, 4) is 5.75 Å². The highest BCUT2D eigenvalue weighted by Crippen LogP contribution is 2.22. The molecule has 0 saturated carbocycles. The van der Waals surface area contributed by atoms with Crippen LogP contribution in [0.4, 0.5) is 11.4 Å². The van der Waals surface area contributed by atoms with Gasteiger partial charge >= 0.3 is 0 Å². The Kier molecular flexibility index (Phi) is 5.31. The van der Waals surface area contributed by atoms with E-state index in [2.05, 4.69) is 10.6 Å². The summed E-state index contributed by atoms with van der Waals surface area (Å²) in [5.41, 5.74) is 1.72. The molecule has 0 aliphatic carbocycles. The van der Waals surface area contributed by atoms with Crippen molar-refractivity contribution in [3.63, 3.8) is 0 Å². The number of benzene rings is 2. The van der Waals surface area contributed by atoms with Gasteiger partial charge in [-0.2, -0.15) is 0 Å². The Hall–Kier alpha value is -3.15. The molecule has 0 heterocycles. The van der Waals surface area contributed by atoms with Gasteiger partial charge in [-0.1, -0.05) is 18.2 Å². The van der Waals surface area contributed by atoms with E-state index in [4.69, 9.17) is 4.74 Å². The monoisotopic (exact) mass is 326 g/mol. The third-order valence-corrected chi connectivity index (χ3v) is 3.38. The first kappa shape index (κ1) is 17.2. The molecule has 0 fully saturated rings. The third kappa shape index (κ3) is 3.98. The smallest absolute Gasteiger partial charge is 0.296 e. The topological polar surface area (TPSA) is 84.5 Å². The van der Waals surface area contributed by atoms with Crippen molar-refractivity contribution in [2.24, 2.45) is 0 Å². The molecule has 2 aromatic carbocycles. The van der Waals surface area contributed by atoms with Crippen molar-refractivity contribution in [3.05, 3.63) is 53.6 Å². The van der Waals surface area contributed by atoms with E-state index in [-0.39, 0.29) is 11.5 Å². The summed E-state index contributed by atoms with van der Waals surface area (Å²) in [5, 5.41) is 5.13. The molecule has 0 aromatic heterocycles. The predicted molar refractivity (Wildman–Crippen MR) is 91.4 cm³/mol. The summed E-state index contributed by atoms with van der Waals surface area (Å²) < 4.78 is 5.12. The fourth-order valence-electron chi connectivity index (χ4n) is 2.14. The summed E-state index contributed by atoms with van der Waals surface area (Å²) in [6.45, 7) is 3.14. The fourth-order valence-corrected chi connectivity index (χ4v) is 2.14. The zero-order valence-electron chi connectivity index (χ0n) is 13.7. The molecule has 0 unspecified atom stereocenters. The first-order valence-corrected chi connectivity index (χ1v) is 7.29. The summed E-state index contributed by atoms with van der Waals surface area (Å²) in [6.07, 6.45) is 0. The van der Waals surface area contributed by atoms with Gasteiger partial charge in [-0.25, -0.2) is 0 Å². The molecule has 2 amide bonds. The van der Waals surface area contributed by atoms with Gasteiger partial charge in [-0.05, 0) is 30.7 Å². The van der Waals surface area contributed by atoms with Gasteiger partial charge in [0.25, 0.3) is 11.7 Å². The molecule has 2 rings (SSSR count). The van der Waals surface area contributed by atoms with Gasteiger partial charge in [0, 0.05) is 18.7 Å². The number of Topliss-reactive ketones (excluding diaryl/α,β-unsaturated/α-hetero) is 1. The van der Waals surface area contributed by atoms with Crippen LogP contribution >= 0.6 is 0 Å². The second-order valence-corrected chi connectivity index (χ2v) is 5.19. The van der Waals surface area contributed by atoms with Crippen LogP contribution in [0.3, 0.4) is 0 Å². The van der Waals surface area contributed by atoms with Gasteiger partial charge in [-0.15, -0.1) is 0 Å². The number of ether oxygens (including phenoxy) is 1. The van der Waals surface area contributed by atoms with E-state index in [1.807, 2.05) is 6.92 Å². The fraction of sp³-hybridized carbons (Fsp3) is 0.167. The molecule has 2 aromatic rings. The minimum absolute atomic E-state index is 0.130. The molecule has 0 radical (unpaired) electrons. The number of amides is 2. The predicted octanol–water partition coefficient (Wildman–Crippen LogP) is 2.78. The van der Waals surface area contributed by atoms with Crippen LogP contribution in [0.25, 0.3) is 0 Å². The Morgan fingerprint density at radius 2 is 1.67 bits per heavy atom. The van der Waals surface area contributed by atoms with Crippen molar-refractivity contribution in [1.82, 2.24) is 0 Å². The van der Waals surface area contributed by atoms with Crippen LogP contribution in [0.1, 0.15) is 22.8 Å². The maximum Gasteiger partial charge on any atom is 0.296 e. The van der Waals surface area contributed by atoms with Crippen molar-refractivity contribution < 1.29 is 19.1 Å². The Bertz CT molecular complexity index is 799. The second-order valence-electron chi connectivity index (χ2n) is 5.19. The maximum atomic E-state index is 12.4. The molecule has 2 N–H and O–H groups in total. The van der Waals surface area contributed by atoms with Crippen LogP contribution < -0.4 is 15.4 Å². The highest BCUT2D eigenvalue weighted by Gasteiger charge is 2.20. The van der Waals surface area contributed by atoms with Crippen molar-refractivity contribution in [2.45, 2.75) is 13.8 Å². The minimum Gasteiger partial charge on any atom is -0.497 e. The molecular weight excluding hydrogens is 308 g/mol. The number of hydrogen-bond acceptors (Lipinski definition) is 4. The van der Waals surface area contributed by atoms with Crippen molar-refractivity contribution in [1.29, 1.82) is 0 Å². The van der Waals surface area contributed by atoms with E-state index in [0.29, 0.717) is 17.1 Å². The number of para-hydroxylation sites is 1. The van der Waals surface area contributed by atoms with Crippen LogP contribution in [-0.4, -0.2) is 24.7 Å². The normalized spacial score (nSPS) is 9.96. The Morgan fingerprint density at radius 1 is 0.958 bits per heavy atom. The number of aryl methyl sites for hydroxylation is 1. The lowest BCUT2D eigenvalue weighted by atomic mass is 10.1. The van der Waals surface area contributed by atoms with E-state index in [1.165, 1.54) is 20.1 Å². The van der Waals surface area contributed by atoms with E-state index in [0.717, 1.165) is 5.56 Å². The highest BCUT2D eigenvalue weighted by molar-refractivity contribution is 6.47. The first-order valence-electron chi connectivity index (χ1n) is 7.29. The molecule has 0 bridgehead atoms. The molecule has 0 aliphatic heterocycles. The number of carbonyl (C=O) groups excluding carboxylic acids is 3. The van der Waals surface area contributed by atoms with Gasteiger partial charge < -0.3 is 15.4 Å². The van der Waals surface area contributed by atoms with Gasteiger partial charge in [0.1, 0.15) is 5.75 Å². The molecule has 0 saturated heterocycles. The average Bonchev–Trinajstić information content (AvgIpc) is 2.56. The van der Waals surface area contributed by atoms with Crippen molar-refractivity contribution in [2.75, 3.05) is 17.7 Å². The lowest BCUT2D eigenvalue weighted by Gasteiger charge is -2.11. The van der Waals surface area contributed by atoms with Crippen LogP contribution in [-0.2, 0) is 9.59 Å². The first-order chi connectivity index (χ1) is 11.4. The lowest BCUT2D eigenvalue weighted by Crippen LogP contribution is -2.24. The third-order valence-electron chi connectivity index (χ3n) is 3.38. The maximum absolute atomic E-state index is 12.4. The number of rotatable bonds is 5. The van der Waals surface area contributed by atoms with Gasteiger partial charge in [0.2, 0.25) is 5.91 Å². The van der Waals surface area contributed by atoms with Gasteiger partial charge in [-0.3, -0.25) is 14.4 Å². The van der Waals surface area contributed by atoms with Crippen LogP contribution in [0.5, 0.6) is 5.75 Å². The summed E-state index contributed by atoms with van der Waals surface area (Å²) in [7, 11) is 1.52. The van der Waals surface area contributed by atoms with Crippen molar-refractivity contribution >= 4 is 29.0 Å². The second kappa shape index (κ2) is 7.41. The van der Waals surface area contributed by atoms with E-state index in [1.54, 1.807) is 36.4 Å². The number of nitrogens with one attached hydrogen (secondary N) is 2. The number of ketones is 1. The largest absolute Gasteiger partial charge is 0.497 e. The van der Waals surface area contributed by atoms with E-state index >= 15 is 0 Å². The SMILES string of the molecule is COc1ccc(C)c(NC(=O)C(=O)c2ccccc2NC(C)=O)c1. The molecule has 0 spiro atoms. The number of anilines is 2.